The van der Waals surface area contributed by atoms with Gasteiger partial charge in [-0.25, -0.2) is 9.37 Å². The minimum Gasteiger partial charge on any atom is -0.450 e. The number of ketones is 1. The number of nitrogens with zero attached hydrogens (tertiary/aromatic N) is 1. The summed E-state index contributed by atoms with van der Waals surface area (Å²) in [6, 6.07) is 2.74. The molecule has 0 saturated heterocycles. The van der Waals surface area contributed by atoms with Crippen LogP contribution < -0.4 is 0 Å². The van der Waals surface area contributed by atoms with Crippen molar-refractivity contribution < 1.29 is 18.7 Å². The molecule has 1 aliphatic carbocycles. The first-order chi connectivity index (χ1) is 10.2. The third kappa shape index (κ3) is 4.39. The van der Waals surface area contributed by atoms with Crippen LogP contribution >= 0.6 is 0 Å². The van der Waals surface area contributed by atoms with Gasteiger partial charge in [0.15, 0.2) is 17.7 Å². The monoisotopic (exact) mass is 285 g/mol. The van der Waals surface area contributed by atoms with Gasteiger partial charge in [0.2, 0.25) is 0 Å². The lowest BCUT2D eigenvalue weighted by molar-refractivity contribution is -0.151. The number of hydrogen-bond acceptors (Lipinski definition) is 4. The van der Waals surface area contributed by atoms with Crippen molar-refractivity contribution in [3.8, 4) is 11.8 Å². The maximum absolute atomic E-state index is 13.2. The van der Waals surface area contributed by atoms with Crippen molar-refractivity contribution in [1.82, 2.24) is 4.98 Å². The molecule has 5 heteroatoms. The molecule has 21 heavy (non-hydrogen) atoms. The Morgan fingerprint density at radius 2 is 2.29 bits per heavy atom. The summed E-state index contributed by atoms with van der Waals surface area (Å²) in [6.07, 6.45) is 6.90. The molecule has 1 aromatic heterocycles. The lowest BCUT2D eigenvalue weighted by atomic mass is 10.1. The number of hydrogen-bond donors (Lipinski definition) is 0. The molecule has 0 saturated carbocycles. The summed E-state index contributed by atoms with van der Waals surface area (Å²) in [5.74, 6) is 3.90. The van der Waals surface area contributed by atoms with E-state index in [4.69, 9.17) is 4.74 Å². The summed E-state index contributed by atoms with van der Waals surface area (Å²) < 4.78 is 18.2. The molecule has 1 atom stereocenters. The third-order valence-electron chi connectivity index (χ3n) is 2.62. The smallest absolute Gasteiger partial charge is 0.307 e. The number of allylic oxidation sites excluding steroid dienone is 2. The second kappa shape index (κ2) is 7.15. The highest BCUT2D eigenvalue weighted by Crippen LogP contribution is 2.06. The zero-order chi connectivity index (χ0) is 15.1. The van der Waals surface area contributed by atoms with Gasteiger partial charge in [-0.05, 0) is 30.2 Å². The molecule has 4 nitrogen and oxygen atoms in total. The fourth-order valence-corrected chi connectivity index (χ4v) is 1.59. The van der Waals surface area contributed by atoms with Crippen LogP contribution in [0.3, 0.4) is 0 Å². The van der Waals surface area contributed by atoms with Crippen LogP contribution in [0.15, 0.2) is 42.6 Å². The van der Waals surface area contributed by atoms with Gasteiger partial charge in [-0.15, -0.1) is 0 Å². The molecular formula is C16H12FNO3. The van der Waals surface area contributed by atoms with Gasteiger partial charge in [-0.3, -0.25) is 9.59 Å². The number of rotatable bonds is 3. The summed E-state index contributed by atoms with van der Waals surface area (Å²) >= 11 is 0. The van der Waals surface area contributed by atoms with E-state index in [2.05, 4.69) is 16.8 Å². The fraction of sp³-hybridized carbons (Fsp3) is 0.188. The highest BCUT2D eigenvalue weighted by molar-refractivity contribution is 5.97. The average molecular weight is 285 g/mol. The Balaban J connectivity index is 1.80. The third-order valence-corrected chi connectivity index (χ3v) is 2.62. The molecule has 0 N–H and O–H groups in total. The predicted octanol–water partition coefficient (Wildman–Crippen LogP) is 1.96. The van der Waals surface area contributed by atoms with Crippen molar-refractivity contribution >= 4 is 11.8 Å². The highest BCUT2D eigenvalue weighted by atomic mass is 19.1. The van der Waals surface area contributed by atoms with E-state index < -0.39 is 17.9 Å². The topological polar surface area (TPSA) is 56.3 Å². The van der Waals surface area contributed by atoms with Crippen LogP contribution in [0.5, 0.6) is 0 Å². The first kappa shape index (κ1) is 14.7. The number of ether oxygens (including phenoxy) is 1. The van der Waals surface area contributed by atoms with E-state index in [1.165, 1.54) is 30.5 Å². The van der Waals surface area contributed by atoms with Crippen molar-refractivity contribution in [3.63, 3.8) is 0 Å². The standard InChI is InChI=1S/C16H12FNO3/c17-12-6-5-11-18-13(12)7-1-4-10-16(20)21-15-9-3-2-8-14(15)19/h2-3,5-6,8-9,11,15H,4,10H2. The zero-order valence-corrected chi connectivity index (χ0v) is 11.1. The van der Waals surface area contributed by atoms with E-state index in [0.29, 0.717) is 0 Å². The first-order valence-electron chi connectivity index (χ1n) is 6.34. The van der Waals surface area contributed by atoms with Gasteiger partial charge in [0.25, 0.3) is 0 Å². The van der Waals surface area contributed by atoms with E-state index in [-0.39, 0.29) is 24.3 Å². The molecule has 1 heterocycles. The Bertz CT molecular complexity index is 668. The maximum Gasteiger partial charge on any atom is 0.307 e. The van der Waals surface area contributed by atoms with Crippen LogP contribution in [-0.2, 0) is 14.3 Å². The Kier molecular flexibility index (Phi) is 4.99. The van der Waals surface area contributed by atoms with Gasteiger partial charge in [-0.2, -0.15) is 0 Å². The number of carbonyl (C=O) groups is 2. The molecule has 0 spiro atoms. The fourth-order valence-electron chi connectivity index (χ4n) is 1.59. The van der Waals surface area contributed by atoms with Crippen molar-refractivity contribution in [2.45, 2.75) is 18.9 Å². The lowest BCUT2D eigenvalue weighted by Crippen LogP contribution is -2.25. The average Bonchev–Trinajstić information content (AvgIpc) is 2.48. The largest absolute Gasteiger partial charge is 0.450 e. The van der Waals surface area contributed by atoms with E-state index in [1.54, 1.807) is 12.2 Å². The highest BCUT2D eigenvalue weighted by Gasteiger charge is 2.18. The van der Waals surface area contributed by atoms with Crippen molar-refractivity contribution in [1.29, 1.82) is 0 Å². The quantitative estimate of drug-likeness (QED) is 0.629. The number of halogens is 1. The molecule has 1 unspecified atom stereocenters. The van der Waals surface area contributed by atoms with Gasteiger partial charge in [0.1, 0.15) is 5.69 Å². The zero-order valence-electron chi connectivity index (χ0n) is 11.1. The van der Waals surface area contributed by atoms with Crippen LogP contribution in [0, 0.1) is 17.7 Å². The van der Waals surface area contributed by atoms with E-state index in [0.717, 1.165) is 0 Å². The summed E-state index contributed by atoms with van der Waals surface area (Å²) in [7, 11) is 0. The van der Waals surface area contributed by atoms with Crippen molar-refractivity contribution in [2.75, 3.05) is 0 Å². The Labute approximate surface area is 121 Å². The van der Waals surface area contributed by atoms with Gasteiger partial charge >= 0.3 is 5.97 Å². The van der Waals surface area contributed by atoms with E-state index in [9.17, 15) is 14.0 Å². The summed E-state index contributed by atoms with van der Waals surface area (Å²) in [6.45, 7) is 0. The summed E-state index contributed by atoms with van der Waals surface area (Å²) in [4.78, 5) is 26.7. The van der Waals surface area contributed by atoms with Crippen LogP contribution in [0.1, 0.15) is 18.5 Å². The number of esters is 1. The van der Waals surface area contributed by atoms with E-state index in [1.807, 2.05) is 0 Å². The van der Waals surface area contributed by atoms with Crippen molar-refractivity contribution in [3.05, 3.63) is 54.1 Å². The summed E-state index contributed by atoms with van der Waals surface area (Å²) in [5, 5.41) is 0. The number of carbonyl (C=O) groups excluding carboxylic acids is 2. The predicted molar refractivity (Wildman–Crippen MR) is 73.5 cm³/mol. The summed E-state index contributed by atoms with van der Waals surface area (Å²) in [5.41, 5.74) is 0.0430. The Morgan fingerprint density at radius 1 is 1.43 bits per heavy atom. The molecule has 1 aromatic rings. The minimum absolute atomic E-state index is 0.0305. The molecule has 0 amide bonds. The molecule has 0 bridgehead atoms. The van der Waals surface area contributed by atoms with Gasteiger partial charge < -0.3 is 4.74 Å². The molecule has 0 fully saturated rings. The van der Waals surface area contributed by atoms with Crippen LogP contribution in [0.4, 0.5) is 4.39 Å². The molecule has 106 valence electrons. The number of aromatic nitrogens is 1. The Hall–Kier alpha value is -2.74. The molecule has 0 aromatic carbocycles. The lowest BCUT2D eigenvalue weighted by Gasteiger charge is -2.12. The number of pyridine rings is 1. The van der Waals surface area contributed by atoms with E-state index >= 15 is 0 Å². The first-order valence-corrected chi connectivity index (χ1v) is 6.34. The SMILES string of the molecule is O=C(CCC#Cc1ncccc1F)OC1C=CC=CC1=O. The molecular weight excluding hydrogens is 273 g/mol. The van der Waals surface area contributed by atoms with Gasteiger partial charge in [0, 0.05) is 12.6 Å². The maximum atomic E-state index is 13.2. The van der Waals surface area contributed by atoms with Crippen LogP contribution in [0.25, 0.3) is 0 Å². The van der Waals surface area contributed by atoms with Crippen LogP contribution in [-0.4, -0.2) is 22.8 Å². The second-order valence-corrected chi connectivity index (χ2v) is 4.19. The van der Waals surface area contributed by atoms with Gasteiger partial charge in [0.05, 0.1) is 6.42 Å². The molecule has 1 aliphatic rings. The second-order valence-electron chi connectivity index (χ2n) is 4.19. The van der Waals surface area contributed by atoms with Crippen LogP contribution in [0.2, 0.25) is 0 Å². The Morgan fingerprint density at radius 3 is 3.05 bits per heavy atom. The molecule has 2 rings (SSSR count). The minimum atomic E-state index is -0.858. The molecule has 0 aliphatic heterocycles. The van der Waals surface area contributed by atoms with Gasteiger partial charge in [-0.1, -0.05) is 18.1 Å². The molecule has 0 radical (unpaired) electrons. The van der Waals surface area contributed by atoms with Crippen molar-refractivity contribution in [2.24, 2.45) is 0 Å². The normalized spacial score (nSPS) is 16.2.